The molecule has 1 heterocycles. The molecule has 0 saturated heterocycles. The molecule has 0 saturated carbocycles. The summed E-state index contributed by atoms with van der Waals surface area (Å²) in [6, 6.07) is 19.1. The highest BCUT2D eigenvalue weighted by Crippen LogP contribution is 2.26. The van der Waals surface area contributed by atoms with E-state index in [0.29, 0.717) is 0 Å². The number of para-hydroxylation sites is 1. The van der Waals surface area contributed by atoms with Gasteiger partial charge in [-0.3, -0.25) is 0 Å². The number of rotatable bonds is 5. The van der Waals surface area contributed by atoms with Crippen molar-refractivity contribution in [3.05, 3.63) is 71.5 Å². The van der Waals surface area contributed by atoms with Gasteiger partial charge in [0.25, 0.3) is 0 Å². The monoisotopic (exact) mass is 279 g/mol. The van der Waals surface area contributed by atoms with Crippen molar-refractivity contribution in [1.82, 2.24) is 5.32 Å². The van der Waals surface area contributed by atoms with Crippen molar-refractivity contribution >= 4 is 11.0 Å². The summed E-state index contributed by atoms with van der Waals surface area (Å²) < 4.78 is 6.03. The molecule has 2 heteroatoms. The largest absolute Gasteiger partial charge is 0.459 e. The summed E-state index contributed by atoms with van der Waals surface area (Å²) in [5.74, 6) is 1.02. The number of benzene rings is 2. The Morgan fingerprint density at radius 3 is 2.57 bits per heavy atom. The molecule has 1 aromatic heterocycles. The van der Waals surface area contributed by atoms with Gasteiger partial charge < -0.3 is 9.73 Å². The highest BCUT2D eigenvalue weighted by Gasteiger charge is 2.16. The fourth-order valence-electron chi connectivity index (χ4n) is 2.75. The number of nitrogens with one attached hydrogen (secondary N) is 1. The zero-order valence-corrected chi connectivity index (χ0v) is 12.6. The molecule has 21 heavy (non-hydrogen) atoms. The normalized spacial score (nSPS) is 12.7. The van der Waals surface area contributed by atoms with Crippen LogP contribution in [0.2, 0.25) is 0 Å². The van der Waals surface area contributed by atoms with E-state index >= 15 is 0 Å². The van der Waals surface area contributed by atoms with Gasteiger partial charge >= 0.3 is 0 Å². The summed E-state index contributed by atoms with van der Waals surface area (Å²) in [4.78, 5) is 0. The van der Waals surface area contributed by atoms with Crippen LogP contribution in [0, 0.1) is 6.92 Å². The van der Waals surface area contributed by atoms with E-state index in [2.05, 4.69) is 55.6 Å². The molecule has 1 unspecified atom stereocenters. The highest BCUT2D eigenvalue weighted by molar-refractivity contribution is 5.77. The molecule has 0 bridgehead atoms. The standard InChI is InChI=1S/C19H21NO/c1-3-20-17(12-15-9-5-4-8-14(15)2)19-13-16-10-6-7-11-18(16)21-19/h4-11,13,17,20H,3,12H2,1-2H3. The molecule has 0 aliphatic carbocycles. The van der Waals surface area contributed by atoms with Crippen LogP contribution in [0.4, 0.5) is 0 Å². The first-order valence-corrected chi connectivity index (χ1v) is 7.54. The van der Waals surface area contributed by atoms with E-state index in [9.17, 15) is 0 Å². The van der Waals surface area contributed by atoms with Crippen LogP contribution in [0.5, 0.6) is 0 Å². The topological polar surface area (TPSA) is 25.2 Å². The Labute approximate surface area is 125 Å². The number of hydrogen-bond donors (Lipinski definition) is 1. The molecule has 0 aliphatic rings. The minimum atomic E-state index is 0.212. The third kappa shape index (κ3) is 3.01. The van der Waals surface area contributed by atoms with Gasteiger partial charge in [0.1, 0.15) is 11.3 Å². The zero-order chi connectivity index (χ0) is 14.7. The van der Waals surface area contributed by atoms with Gasteiger partial charge in [-0.2, -0.15) is 0 Å². The first-order chi connectivity index (χ1) is 10.3. The van der Waals surface area contributed by atoms with Gasteiger partial charge in [-0.05, 0) is 43.1 Å². The maximum Gasteiger partial charge on any atom is 0.134 e. The van der Waals surface area contributed by atoms with Crippen molar-refractivity contribution in [2.24, 2.45) is 0 Å². The number of hydrogen-bond acceptors (Lipinski definition) is 2. The van der Waals surface area contributed by atoms with E-state index in [0.717, 1.165) is 24.3 Å². The van der Waals surface area contributed by atoms with Crippen LogP contribution < -0.4 is 5.32 Å². The van der Waals surface area contributed by atoms with Crippen molar-refractivity contribution in [3.8, 4) is 0 Å². The van der Waals surface area contributed by atoms with Crippen molar-refractivity contribution < 1.29 is 4.42 Å². The quantitative estimate of drug-likeness (QED) is 0.736. The molecular weight excluding hydrogens is 258 g/mol. The Hall–Kier alpha value is -2.06. The Kier molecular flexibility index (Phi) is 4.07. The lowest BCUT2D eigenvalue weighted by Gasteiger charge is -2.16. The van der Waals surface area contributed by atoms with Crippen molar-refractivity contribution in [2.45, 2.75) is 26.3 Å². The maximum atomic E-state index is 6.03. The van der Waals surface area contributed by atoms with Crippen molar-refractivity contribution in [1.29, 1.82) is 0 Å². The molecule has 0 spiro atoms. The number of aryl methyl sites for hydroxylation is 1. The molecule has 2 nitrogen and oxygen atoms in total. The summed E-state index contributed by atoms with van der Waals surface area (Å²) in [7, 11) is 0. The zero-order valence-electron chi connectivity index (χ0n) is 12.6. The molecule has 0 aliphatic heterocycles. The summed E-state index contributed by atoms with van der Waals surface area (Å²) in [6.07, 6.45) is 0.945. The average Bonchev–Trinajstić information content (AvgIpc) is 2.93. The fourth-order valence-corrected chi connectivity index (χ4v) is 2.75. The van der Waals surface area contributed by atoms with Crippen LogP contribution in [-0.4, -0.2) is 6.54 Å². The number of likely N-dealkylation sites (N-methyl/N-ethyl adjacent to an activating group) is 1. The minimum Gasteiger partial charge on any atom is -0.459 e. The molecule has 3 aromatic rings. The average molecular weight is 279 g/mol. The van der Waals surface area contributed by atoms with Gasteiger partial charge in [-0.1, -0.05) is 49.4 Å². The predicted molar refractivity (Wildman–Crippen MR) is 87.5 cm³/mol. The summed E-state index contributed by atoms with van der Waals surface area (Å²) in [6.45, 7) is 5.22. The van der Waals surface area contributed by atoms with E-state index in [-0.39, 0.29) is 6.04 Å². The van der Waals surface area contributed by atoms with E-state index in [1.165, 1.54) is 16.5 Å². The number of fused-ring (bicyclic) bond motifs is 1. The van der Waals surface area contributed by atoms with Gasteiger partial charge in [0.2, 0.25) is 0 Å². The maximum absolute atomic E-state index is 6.03. The Morgan fingerprint density at radius 2 is 1.81 bits per heavy atom. The Bertz CT molecular complexity index is 696. The van der Waals surface area contributed by atoms with Gasteiger partial charge in [0, 0.05) is 5.39 Å². The molecular formula is C19H21NO. The second kappa shape index (κ2) is 6.15. The van der Waals surface area contributed by atoms with Crippen LogP contribution in [0.25, 0.3) is 11.0 Å². The van der Waals surface area contributed by atoms with E-state index in [4.69, 9.17) is 4.42 Å². The molecule has 1 N–H and O–H groups in total. The lowest BCUT2D eigenvalue weighted by Crippen LogP contribution is -2.22. The van der Waals surface area contributed by atoms with Crippen LogP contribution >= 0.6 is 0 Å². The summed E-state index contributed by atoms with van der Waals surface area (Å²) in [5, 5.41) is 4.71. The summed E-state index contributed by atoms with van der Waals surface area (Å²) in [5.41, 5.74) is 3.65. The van der Waals surface area contributed by atoms with Crippen molar-refractivity contribution in [2.75, 3.05) is 6.54 Å². The van der Waals surface area contributed by atoms with Crippen LogP contribution in [0.3, 0.4) is 0 Å². The highest BCUT2D eigenvalue weighted by atomic mass is 16.3. The Morgan fingerprint density at radius 1 is 1.05 bits per heavy atom. The third-order valence-electron chi connectivity index (χ3n) is 3.92. The first kappa shape index (κ1) is 13.9. The third-order valence-corrected chi connectivity index (χ3v) is 3.92. The molecule has 2 aromatic carbocycles. The lowest BCUT2D eigenvalue weighted by molar-refractivity contribution is 0.434. The SMILES string of the molecule is CCNC(Cc1ccccc1C)c1cc2ccccc2o1. The molecule has 0 fully saturated rings. The fraction of sp³-hybridized carbons (Fsp3) is 0.263. The van der Waals surface area contributed by atoms with Crippen LogP contribution in [-0.2, 0) is 6.42 Å². The first-order valence-electron chi connectivity index (χ1n) is 7.54. The van der Waals surface area contributed by atoms with Crippen LogP contribution in [0.15, 0.2) is 59.0 Å². The second-order valence-corrected chi connectivity index (χ2v) is 5.43. The Balaban J connectivity index is 1.92. The molecule has 108 valence electrons. The second-order valence-electron chi connectivity index (χ2n) is 5.43. The minimum absolute atomic E-state index is 0.212. The van der Waals surface area contributed by atoms with Crippen molar-refractivity contribution in [3.63, 3.8) is 0 Å². The summed E-state index contributed by atoms with van der Waals surface area (Å²) >= 11 is 0. The molecule has 1 atom stereocenters. The van der Waals surface area contributed by atoms with E-state index in [1.54, 1.807) is 0 Å². The van der Waals surface area contributed by atoms with Crippen LogP contribution in [0.1, 0.15) is 29.9 Å². The molecule has 3 rings (SSSR count). The van der Waals surface area contributed by atoms with E-state index in [1.807, 2.05) is 18.2 Å². The van der Waals surface area contributed by atoms with Gasteiger partial charge in [-0.25, -0.2) is 0 Å². The smallest absolute Gasteiger partial charge is 0.134 e. The number of furan rings is 1. The molecule has 0 amide bonds. The lowest BCUT2D eigenvalue weighted by atomic mass is 9.99. The van der Waals surface area contributed by atoms with Gasteiger partial charge in [0.15, 0.2) is 0 Å². The predicted octanol–water partition coefficient (Wildman–Crippen LogP) is 4.63. The van der Waals surface area contributed by atoms with E-state index < -0.39 is 0 Å². The molecule has 0 radical (unpaired) electrons. The van der Waals surface area contributed by atoms with Gasteiger partial charge in [0.05, 0.1) is 6.04 Å². The van der Waals surface area contributed by atoms with Gasteiger partial charge in [-0.15, -0.1) is 0 Å².